The van der Waals surface area contributed by atoms with E-state index in [1.165, 1.54) is 6.07 Å². The zero-order valence-electron chi connectivity index (χ0n) is 15.2. The van der Waals surface area contributed by atoms with Gasteiger partial charge in [-0.15, -0.1) is 0 Å². The molecule has 1 aliphatic carbocycles. The Morgan fingerprint density at radius 2 is 1.73 bits per heavy atom. The Bertz CT molecular complexity index is 689. The molecule has 0 saturated heterocycles. The molecule has 5 nitrogen and oxygen atoms in total. The molecule has 26 heavy (non-hydrogen) atoms. The average Bonchev–Trinajstić information content (AvgIpc) is 2.52. The molecule has 2 N–H and O–H groups in total. The first-order valence-electron chi connectivity index (χ1n) is 8.67. The molecule has 1 saturated carbocycles. The van der Waals surface area contributed by atoms with Crippen molar-refractivity contribution in [1.29, 1.82) is 0 Å². The van der Waals surface area contributed by atoms with Crippen molar-refractivity contribution in [2.24, 2.45) is 5.92 Å². The summed E-state index contributed by atoms with van der Waals surface area (Å²) in [7, 11) is -3.35. The zero-order valence-corrected chi connectivity index (χ0v) is 16.0. The lowest BCUT2D eigenvalue weighted by atomic mass is 9.86. The van der Waals surface area contributed by atoms with Gasteiger partial charge >= 0.3 is 6.18 Å². The van der Waals surface area contributed by atoms with Crippen LogP contribution in [0.15, 0.2) is 18.3 Å². The molecule has 1 aromatic heterocycles. The summed E-state index contributed by atoms with van der Waals surface area (Å²) in [5, 5.41) is 3.06. The first-order chi connectivity index (χ1) is 11.9. The van der Waals surface area contributed by atoms with E-state index in [1.807, 2.05) is 0 Å². The molecule has 0 spiro atoms. The van der Waals surface area contributed by atoms with Crippen LogP contribution in [0, 0.1) is 5.92 Å². The van der Waals surface area contributed by atoms with Crippen LogP contribution in [0.25, 0.3) is 0 Å². The fourth-order valence-corrected chi connectivity index (χ4v) is 3.82. The minimum absolute atomic E-state index is 0.0559. The summed E-state index contributed by atoms with van der Waals surface area (Å²) in [4.78, 5) is 3.80. The predicted octanol–water partition coefficient (Wildman–Crippen LogP) is 3.79. The highest BCUT2D eigenvalue weighted by Crippen LogP contribution is 2.29. The number of nitrogens with zero attached hydrogens (tertiary/aromatic N) is 1. The van der Waals surface area contributed by atoms with Gasteiger partial charge in [0, 0.05) is 18.8 Å². The number of aromatic nitrogens is 1. The fraction of sp³-hybridized carbons (Fsp3) is 0.706. The molecule has 0 radical (unpaired) electrons. The highest BCUT2D eigenvalue weighted by Gasteiger charge is 2.33. The molecule has 0 aromatic carbocycles. The lowest BCUT2D eigenvalue weighted by Gasteiger charge is -2.31. The summed E-state index contributed by atoms with van der Waals surface area (Å²) < 4.78 is 63.9. The van der Waals surface area contributed by atoms with Gasteiger partial charge < -0.3 is 5.32 Å². The van der Waals surface area contributed by atoms with E-state index in [2.05, 4.69) is 15.0 Å². The fourth-order valence-electron chi connectivity index (χ4n) is 2.80. The second kappa shape index (κ2) is 7.72. The largest absolute Gasteiger partial charge is 0.417 e. The van der Waals surface area contributed by atoms with Crippen molar-refractivity contribution in [1.82, 2.24) is 9.71 Å². The van der Waals surface area contributed by atoms with E-state index in [1.54, 1.807) is 20.8 Å². The van der Waals surface area contributed by atoms with Gasteiger partial charge in [0.1, 0.15) is 5.82 Å². The minimum Gasteiger partial charge on any atom is -0.370 e. The molecule has 0 amide bonds. The maximum atomic E-state index is 12.5. The number of sulfonamides is 1. The van der Waals surface area contributed by atoms with Gasteiger partial charge in [-0.2, -0.15) is 13.2 Å². The molecule has 148 valence electrons. The average molecular weight is 393 g/mol. The number of alkyl halides is 3. The Hall–Kier alpha value is -1.35. The number of halogens is 3. The first-order valence-corrected chi connectivity index (χ1v) is 10.2. The van der Waals surface area contributed by atoms with Gasteiger partial charge in [0.05, 0.1) is 10.3 Å². The molecule has 0 unspecified atom stereocenters. The topological polar surface area (TPSA) is 71.1 Å². The SMILES string of the molecule is CC(C)(C)S(=O)(=O)NC1CCC(CNc2ccc(C(F)(F)F)cn2)CC1. The van der Waals surface area contributed by atoms with E-state index < -0.39 is 26.5 Å². The smallest absolute Gasteiger partial charge is 0.370 e. The van der Waals surface area contributed by atoms with Crippen LogP contribution in [0.2, 0.25) is 0 Å². The lowest BCUT2D eigenvalue weighted by Crippen LogP contribution is -2.46. The molecule has 0 bridgehead atoms. The van der Waals surface area contributed by atoms with Crippen molar-refractivity contribution in [3.8, 4) is 0 Å². The number of nitrogens with one attached hydrogen (secondary N) is 2. The summed E-state index contributed by atoms with van der Waals surface area (Å²) in [6, 6.07) is 2.28. The van der Waals surface area contributed by atoms with E-state index >= 15 is 0 Å². The van der Waals surface area contributed by atoms with E-state index in [-0.39, 0.29) is 6.04 Å². The van der Waals surface area contributed by atoms with Crippen LogP contribution in [0.4, 0.5) is 19.0 Å². The molecule has 1 aliphatic rings. The number of hydrogen-bond donors (Lipinski definition) is 2. The molecule has 2 rings (SSSR count). The van der Waals surface area contributed by atoms with E-state index in [4.69, 9.17) is 0 Å². The second-order valence-corrected chi connectivity index (χ2v) is 10.2. The van der Waals surface area contributed by atoms with Crippen LogP contribution in [-0.4, -0.2) is 30.7 Å². The van der Waals surface area contributed by atoms with Crippen molar-refractivity contribution >= 4 is 15.8 Å². The van der Waals surface area contributed by atoms with Crippen molar-refractivity contribution < 1.29 is 21.6 Å². The number of hydrogen-bond acceptors (Lipinski definition) is 4. The Morgan fingerprint density at radius 1 is 1.12 bits per heavy atom. The van der Waals surface area contributed by atoms with Gasteiger partial charge in [-0.1, -0.05) is 0 Å². The van der Waals surface area contributed by atoms with E-state index in [9.17, 15) is 21.6 Å². The van der Waals surface area contributed by atoms with Crippen molar-refractivity contribution in [3.63, 3.8) is 0 Å². The molecular weight excluding hydrogens is 367 g/mol. The van der Waals surface area contributed by atoms with Gasteiger partial charge in [-0.25, -0.2) is 18.1 Å². The maximum Gasteiger partial charge on any atom is 0.417 e. The standard InChI is InChI=1S/C17H26F3N3O2S/c1-16(2,3)26(24,25)23-14-7-4-12(5-8-14)10-21-15-9-6-13(11-22-15)17(18,19)20/h6,9,11-12,14,23H,4-5,7-8,10H2,1-3H3,(H,21,22). The second-order valence-electron chi connectivity index (χ2n) is 7.76. The van der Waals surface area contributed by atoms with Crippen molar-refractivity contribution in [3.05, 3.63) is 23.9 Å². The molecule has 0 aliphatic heterocycles. The van der Waals surface area contributed by atoms with Crippen LogP contribution < -0.4 is 10.0 Å². The molecule has 1 heterocycles. The van der Waals surface area contributed by atoms with Crippen molar-refractivity contribution in [2.45, 2.75) is 63.4 Å². The summed E-state index contributed by atoms with van der Waals surface area (Å²) in [6.45, 7) is 5.61. The van der Waals surface area contributed by atoms with Crippen LogP contribution >= 0.6 is 0 Å². The van der Waals surface area contributed by atoms with Crippen LogP contribution in [0.5, 0.6) is 0 Å². The third-order valence-corrected chi connectivity index (χ3v) is 6.89. The molecule has 1 aromatic rings. The van der Waals surface area contributed by atoms with E-state index in [0.29, 0.717) is 18.3 Å². The zero-order chi connectivity index (χ0) is 19.6. The van der Waals surface area contributed by atoms with E-state index in [0.717, 1.165) is 37.9 Å². The molecular formula is C17H26F3N3O2S. The maximum absolute atomic E-state index is 12.5. The summed E-state index contributed by atoms with van der Waals surface area (Å²) in [5.74, 6) is 0.753. The highest BCUT2D eigenvalue weighted by molar-refractivity contribution is 7.90. The number of rotatable bonds is 5. The third-order valence-electron chi connectivity index (χ3n) is 4.64. The Labute approximate surface area is 152 Å². The predicted molar refractivity (Wildman–Crippen MR) is 95.3 cm³/mol. The third kappa shape index (κ3) is 5.57. The summed E-state index contributed by atoms with van der Waals surface area (Å²) in [6.07, 6.45) is -0.356. The number of anilines is 1. The van der Waals surface area contributed by atoms with Gasteiger partial charge in [-0.05, 0) is 64.5 Å². The lowest BCUT2D eigenvalue weighted by molar-refractivity contribution is -0.137. The normalized spacial score (nSPS) is 22.2. The highest BCUT2D eigenvalue weighted by atomic mass is 32.2. The Morgan fingerprint density at radius 3 is 2.19 bits per heavy atom. The van der Waals surface area contributed by atoms with Gasteiger partial charge in [0.15, 0.2) is 0 Å². The molecule has 9 heteroatoms. The Kier molecular flexibility index (Phi) is 6.22. The van der Waals surface area contributed by atoms with Crippen LogP contribution in [0.3, 0.4) is 0 Å². The Balaban J connectivity index is 1.79. The molecule has 1 fully saturated rings. The molecule has 0 atom stereocenters. The van der Waals surface area contributed by atoms with Crippen LogP contribution in [-0.2, 0) is 16.2 Å². The number of pyridine rings is 1. The minimum atomic E-state index is -4.38. The monoisotopic (exact) mass is 393 g/mol. The van der Waals surface area contributed by atoms with Gasteiger partial charge in [-0.3, -0.25) is 0 Å². The van der Waals surface area contributed by atoms with Gasteiger partial charge in [0.25, 0.3) is 0 Å². The quantitative estimate of drug-likeness (QED) is 0.799. The van der Waals surface area contributed by atoms with Gasteiger partial charge in [0.2, 0.25) is 10.0 Å². The van der Waals surface area contributed by atoms with Crippen molar-refractivity contribution in [2.75, 3.05) is 11.9 Å². The summed E-state index contributed by atoms with van der Waals surface area (Å²) in [5.41, 5.74) is -0.769. The van der Waals surface area contributed by atoms with Crippen LogP contribution in [0.1, 0.15) is 52.0 Å². The first kappa shape index (κ1) is 21.0. The summed E-state index contributed by atoms with van der Waals surface area (Å²) >= 11 is 0.